The second-order valence-corrected chi connectivity index (χ2v) is 4.90. The third-order valence-corrected chi connectivity index (χ3v) is 3.17. The van der Waals surface area contributed by atoms with Crippen molar-refractivity contribution in [1.29, 1.82) is 0 Å². The Morgan fingerprint density at radius 3 is 2.00 bits per heavy atom. The molecule has 10 heteroatoms. The maximum absolute atomic E-state index is 12.9. The van der Waals surface area contributed by atoms with Crippen LogP contribution in [0.4, 0.5) is 15.8 Å². The summed E-state index contributed by atoms with van der Waals surface area (Å²) in [5.74, 6) is -1.28. The molecule has 0 spiro atoms. The van der Waals surface area contributed by atoms with Crippen molar-refractivity contribution in [2.45, 2.75) is 6.92 Å². The highest BCUT2D eigenvalue weighted by molar-refractivity contribution is 6.01. The molecule has 0 radical (unpaired) electrons. The Morgan fingerprint density at radius 1 is 1.00 bits per heavy atom. The number of carbonyl (C=O) groups is 1. The fourth-order valence-corrected chi connectivity index (χ4v) is 1.89. The van der Waals surface area contributed by atoms with Gasteiger partial charge in [-0.15, -0.1) is 0 Å². The van der Waals surface area contributed by atoms with Gasteiger partial charge in [-0.1, -0.05) is 12.1 Å². The number of nitro benzene ring substituents is 2. The number of non-ortho nitro benzene ring substituents is 2. The Labute approximate surface area is 140 Å². The Morgan fingerprint density at radius 2 is 1.52 bits per heavy atom. The molecule has 0 unspecified atom stereocenters. The van der Waals surface area contributed by atoms with Crippen molar-refractivity contribution in [3.8, 4) is 0 Å². The molecule has 1 N–H and O–H groups in total. The molecule has 0 atom stereocenters. The Balaban J connectivity index is 2.25. The first-order valence-electron chi connectivity index (χ1n) is 6.82. The number of amides is 1. The lowest BCUT2D eigenvalue weighted by molar-refractivity contribution is -0.394. The van der Waals surface area contributed by atoms with E-state index in [-0.39, 0.29) is 5.56 Å². The van der Waals surface area contributed by atoms with Crippen molar-refractivity contribution in [2.75, 3.05) is 0 Å². The van der Waals surface area contributed by atoms with E-state index in [4.69, 9.17) is 0 Å². The molecule has 0 saturated carbocycles. The lowest BCUT2D eigenvalue weighted by Crippen LogP contribution is -2.19. The molecule has 2 aromatic rings. The largest absolute Gasteiger partial charge is 0.277 e. The van der Waals surface area contributed by atoms with E-state index in [1.165, 1.54) is 24.3 Å². The van der Waals surface area contributed by atoms with Crippen molar-refractivity contribution >= 4 is 23.0 Å². The fraction of sp³-hybridized carbons (Fsp3) is 0.0667. The predicted octanol–water partition coefficient (Wildman–Crippen LogP) is 2.80. The predicted molar refractivity (Wildman–Crippen MR) is 85.8 cm³/mol. The summed E-state index contributed by atoms with van der Waals surface area (Å²) in [7, 11) is 0. The van der Waals surface area contributed by atoms with E-state index in [1.807, 2.05) is 0 Å². The highest BCUT2D eigenvalue weighted by Gasteiger charge is 2.19. The van der Waals surface area contributed by atoms with Gasteiger partial charge in [-0.05, 0) is 24.6 Å². The molecule has 0 aliphatic rings. The summed E-state index contributed by atoms with van der Waals surface area (Å²) in [4.78, 5) is 32.0. The number of nitrogens with one attached hydrogen (secondary N) is 1. The van der Waals surface area contributed by atoms with Gasteiger partial charge in [0.1, 0.15) is 5.82 Å². The van der Waals surface area contributed by atoms with Gasteiger partial charge < -0.3 is 0 Å². The highest BCUT2D eigenvalue weighted by Crippen LogP contribution is 2.22. The smallest absolute Gasteiger partial charge is 0.267 e. The number of hydrogen-bond acceptors (Lipinski definition) is 6. The Kier molecular flexibility index (Phi) is 5.12. The number of hydrogen-bond donors (Lipinski definition) is 1. The van der Waals surface area contributed by atoms with Crippen LogP contribution in [0.15, 0.2) is 47.6 Å². The van der Waals surface area contributed by atoms with Crippen LogP contribution >= 0.6 is 0 Å². The van der Waals surface area contributed by atoms with Gasteiger partial charge in [0, 0.05) is 12.1 Å². The molecular weight excluding hydrogens is 335 g/mol. The summed E-state index contributed by atoms with van der Waals surface area (Å²) in [6.07, 6.45) is 0. The average Bonchev–Trinajstić information content (AvgIpc) is 2.59. The maximum atomic E-state index is 12.9. The molecule has 0 aliphatic heterocycles. The number of halogens is 1. The van der Waals surface area contributed by atoms with Crippen molar-refractivity contribution in [3.05, 3.63) is 79.6 Å². The van der Waals surface area contributed by atoms with Crippen LogP contribution in [0.2, 0.25) is 0 Å². The van der Waals surface area contributed by atoms with Gasteiger partial charge in [0.05, 0.1) is 27.2 Å². The first kappa shape index (κ1) is 17.7. The first-order chi connectivity index (χ1) is 11.8. The van der Waals surface area contributed by atoms with Crippen molar-refractivity contribution in [3.63, 3.8) is 0 Å². The van der Waals surface area contributed by atoms with Gasteiger partial charge in [0.25, 0.3) is 17.3 Å². The Bertz CT molecular complexity index is 848. The minimum atomic E-state index is -0.853. The second kappa shape index (κ2) is 7.25. The zero-order valence-corrected chi connectivity index (χ0v) is 12.8. The number of carbonyl (C=O) groups excluding carboxylic acids is 1. The van der Waals surface area contributed by atoms with E-state index in [0.717, 1.165) is 18.2 Å². The summed E-state index contributed by atoms with van der Waals surface area (Å²) < 4.78 is 12.9. The summed E-state index contributed by atoms with van der Waals surface area (Å²) in [6.45, 7) is 1.56. The van der Waals surface area contributed by atoms with Gasteiger partial charge in [-0.2, -0.15) is 5.10 Å². The topological polar surface area (TPSA) is 128 Å². The summed E-state index contributed by atoms with van der Waals surface area (Å²) in [5, 5.41) is 25.4. The lowest BCUT2D eigenvalue weighted by atomic mass is 10.1. The van der Waals surface area contributed by atoms with E-state index in [1.54, 1.807) is 6.92 Å². The van der Waals surface area contributed by atoms with Crippen molar-refractivity contribution in [1.82, 2.24) is 5.43 Å². The maximum Gasteiger partial charge on any atom is 0.277 e. The summed E-state index contributed by atoms with van der Waals surface area (Å²) >= 11 is 0. The van der Waals surface area contributed by atoms with E-state index < -0.39 is 32.9 Å². The van der Waals surface area contributed by atoms with Crippen LogP contribution in [-0.2, 0) is 0 Å². The van der Waals surface area contributed by atoms with Crippen LogP contribution in [0.3, 0.4) is 0 Å². The highest BCUT2D eigenvalue weighted by atomic mass is 19.1. The number of rotatable bonds is 5. The van der Waals surface area contributed by atoms with Gasteiger partial charge in [0.2, 0.25) is 0 Å². The Hall–Kier alpha value is -3.69. The molecule has 0 saturated heterocycles. The molecule has 0 bridgehead atoms. The number of benzene rings is 2. The quantitative estimate of drug-likeness (QED) is 0.506. The summed E-state index contributed by atoms with van der Waals surface area (Å²) in [5.41, 5.74) is 1.61. The van der Waals surface area contributed by atoms with Gasteiger partial charge >= 0.3 is 0 Å². The van der Waals surface area contributed by atoms with Crippen molar-refractivity contribution in [2.24, 2.45) is 5.10 Å². The van der Waals surface area contributed by atoms with Gasteiger partial charge in [-0.3, -0.25) is 25.0 Å². The SMILES string of the molecule is C/C(=N/NC(=O)c1cc([N+](=O)[O-])cc([N+](=O)[O-])c1)c1ccc(F)cc1. The molecule has 128 valence electrons. The van der Waals surface area contributed by atoms with Crippen LogP contribution in [0.25, 0.3) is 0 Å². The molecule has 0 aliphatic carbocycles. The van der Waals surface area contributed by atoms with Crippen LogP contribution in [-0.4, -0.2) is 21.5 Å². The molecule has 9 nitrogen and oxygen atoms in total. The van der Waals surface area contributed by atoms with Gasteiger partial charge in [0.15, 0.2) is 0 Å². The standard InChI is InChI=1S/C15H11FN4O5/c1-9(10-2-4-12(16)5-3-10)17-18-15(21)11-6-13(19(22)23)8-14(7-11)20(24)25/h2-8H,1H3,(H,18,21)/b17-9-. The monoisotopic (exact) mass is 346 g/mol. The third-order valence-electron chi connectivity index (χ3n) is 3.17. The molecular formula is C15H11FN4O5. The molecule has 2 rings (SSSR count). The molecule has 1 amide bonds. The molecule has 25 heavy (non-hydrogen) atoms. The minimum absolute atomic E-state index is 0.281. The minimum Gasteiger partial charge on any atom is -0.267 e. The van der Waals surface area contributed by atoms with Crippen LogP contribution < -0.4 is 5.43 Å². The molecule has 0 heterocycles. The van der Waals surface area contributed by atoms with Crippen LogP contribution in [0.5, 0.6) is 0 Å². The third kappa shape index (κ3) is 4.41. The number of nitro groups is 2. The fourth-order valence-electron chi connectivity index (χ4n) is 1.89. The first-order valence-corrected chi connectivity index (χ1v) is 6.82. The molecule has 2 aromatic carbocycles. The summed E-state index contributed by atoms with van der Waals surface area (Å²) in [6, 6.07) is 7.93. The van der Waals surface area contributed by atoms with E-state index >= 15 is 0 Å². The van der Waals surface area contributed by atoms with Crippen molar-refractivity contribution < 1.29 is 19.0 Å². The lowest BCUT2D eigenvalue weighted by Gasteiger charge is -2.03. The normalized spacial score (nSPS) is 11.0. The van der Waals surface area contributed by atoms with E-state index in [2.05, 4.69) is 10.5 Å². The zero-order valence-electron chi connectivity index (χ0n) is 12.8. The zero-order chi connectivity index (χ0) is 18.6. The molecule has 0 aromatic heterocycles. The van der Waals surface area contributed by atoms with E-state index in [9.17, 15) is 29.4 Å². The van der Waals surface area contributed by atoms with Crippen LogP contribution in [0, 0.1) is 26.0 Å². The van der Waals surface area contributed by atoms with Gasteiger partial charge in [-0.25, -0.2) is 9.82 Å². The number of nitrogens with zero attached hydrogens (tertiary/aromatic N) is 3. The van der Waals surface area contributed by atoms with E-state index in [0.29, 0.717) is 11.3 Å². The molecule has 0 fully saturated rings. The second-order valence-electron chi connectivity index (χ2n) is 4.90. The average molecular weight is 346 g/mol. The van der Waals surface area contributed by atoms with Crippen LogP contribution in [0.1, 0.15) is 22.8 Å². The number of hydrazone groups is 1.